The van der Waals surface area contributed by atoms with Crippen LogP contribution in [0, 0.1) is 5.82 Å². The molecule has 1 aromatic carbocycles. The number of aromatic nitrogens is 2. The predicted molar refractivity (Wildman–Crippen MR) is 95.1 cm³/mol. The zero-order valence-electron chi connectivity index (χ0n) is 14.7. The van der Waals surface area contributed by atoms with Crippen molar-refractivity contribution in [3.05, 3.63) is 52.7 Å². The van der Waals surface area contributed by atoms with Crippen LogP contribution < -0.4 is 4.90 Å². The molecule has 27 heavy (non-hydrogen) atoms. The third kappa shape index (κ3) is 4.87. The van der Waals surface area contributed by atoms with Gasteiger partial charge >= 0.3 is 6.18 Å². The van der Waals surface area contributed by atoms with Crippen LogP contribution in [0.5, 0.6) is 0 Å². The fourth-order valence-corrected chi connectivity index (χ4v) is 3.39. The number of likely N-dealkylation sites (N-methyl/N-ethyl adjacent to an activating group) is 1. The van der Waals surface area contributed by atoms with Crippen LogP contribution >= 0.6 is 11.6 Å². The fraction of sp³-hybridized carbons (Fsp3) is 0.444. The zero-order chi connectivity index (χ0) is 19.6. The number of nitrogens with zero attached hydrogens (tertiary/aromatic N) is 4. The van der Waals surface area contributed by atoms with Gasteiger partial charge in [0.25, 0.3) is 0 Å². The van der Waals surface area contributed by atoms with Gasteiger partial charge in [0, 0.05) is 32.2 Å². The molecule has 0 radical (unpaired) electrons. The number of benzene rings is 1. The SMILES string of the molecule is CN(c1cc(C(F)(F)F)ncn1)C1CCCN(Cc2ccc(Cl)c(F)c2)C1. The monoisotopic (exact) mass is 402 g/mol. The normalized spacial score (nSPS) is 18.5. The second-order valence-corrected chi connectivity index (χ2v) is 7.06. The first-order chi connectivity index (χ1) is 12.7. The van der Waals surface area contributed by atoms with Gasteiger partial charge in [0.2, 0.25) is 0 Å². The van der Waals surface area contributed by atoms with Gasteiger partial charge in [-0.3, -0.25) is 4.90 Å². The van der Waals surface area contributed by atoms with Crippen molar-refractivity contribution in [2.75, 3.05) is 25.0 Å². The van der Waals surface area contributed by atoms with E-state index in [2.05, 4.69) is 14.9 Å². The topological polar surface area (TPSA) is 32.3 Å². The summed E-state index contributed by atoms with van der Waals surface area (Å²) >= 11 is 5.71. The Labute approximate surface area is 159 Å². The Morgan fingerprint density at radius 2 is 2.04 bits per heavy atom. The van der Waals surface area contributed by atoms with Gasteiger partial charge in [0.1, 0.15) is 23.7 Å². The summed E-state index contributed by atoms with van der Waals surface area (Å²) in [6.45, 7) is 2.04. The zero-order valence-corrected chi connectivity index (χ0v) is 15.4. The Balaban J connectivity index is 1.69. The lowest BCUT2D eigenvalue weighted by Crippen LogP contribution is -2.46. The summed E-state index contributed by atoms with van der Waals surface area (Å²) in [7, 11) is 1.73. The van der Waals surface area contributed by atoms with E-state index < -0.39 is 17.7 Å². The number of anilines is 1. The van der Waals surface area contributed by atoms with Crippen LogP contribution in [-0.2, 0) is 12.7 Å². The van der Waals surface area contributed by atoms with Gasteiger partial charge in [0.05, 0.1) is 5.02 Å². The van der Waals surface area contributed by atoms with Gasteiger partial charge in [-0.05, 0) is 37.1 Å². The number of halogens is 5. The second kappa shape index (κ2) is 7.98. The van der Waals surface area contributed by atoms with Crippen molar-refractivity contribution in [3.8, 4) is 0 Å². The Hall–Kier alpha value is -1.93. The van der Waals surface area contributed by atoms with Gasteiger partial charge in [-0.1, -0.05) is 17.7 Å². The lowest BCUT2D eigenvalue weighted by molar-refractivity contribution is -0.141. The van der Waals surface area contributed by atoms with Crippen molar-refractivity contribution in [1.29, 1.82) is 0 Å². The van der Waals surface area contributed by atoms with E-state index in [9.17, 15) is 17.6 Å². The first-order valence-electron chi connectivity index (χ1n) is 8.52. The Bertz CT molecular complexity index is 799. The third-order valence-corrected chi connectivity index (χ3v) is 5.03. The predicted octanol–water partition coefficient (Wildman–Crippen LogP) is 4.39. The molecule has 1 atom stereocenters. The number of hydrogen-bond acceptors (Lipinski definition) is 4. The maximum absolute atomic E-state index is 13.6. The van der Waals surface area contributed by atoms with Crippen molar-refractivity contribution < 1.29 is 17.6 Å². The summed E-state index contributed by atoms with van der Waals surface area (Å²) in [5, 5.41) is 0.0826. The van der Waals surface area contributed by atoms with Crippen molar-refractivity contribution in [2.45, 2.75) is 31.6 Å². The quantitative estimate of drug-likeness (QED) is 0.710. The molecule has 4 nitrogen and oxygen atoms in total. The number of rotatable bonds is 4. The molecule has 0 aliphatic carbocycles. The first-order valence-corrected chi connectivity index (χ1v) is 8.90. The number of hydrogen-bond donors (Lipinski definition) is 0. The van der Waals surface area contributed by atoms with E-state index in [1.165, 1.54) is 12.1 Å². The van der Waals surface area contributed by atoms with Gasteiger partial charge in [-0.15, -0.1) is 0 Å². The highest BCUT2D eigenvalue weighted by molar-refractivity contribution is 6.30. The molecule has 3 rings (SSSR count). The number of piperidine rings is 1. The first kappa shape index (κ1) is 19.8. The Morgan fingerprint density at radius 1 is 1.26 bits per heavy atom. The standard InChI is InChI=1S/C18H19ClF4N4/c1-26(17-8-16(18(21,22)23)24-11-25-17)13-3-2-6-27(10-13)9-12-4-5-14(19)15(20)7-12/h4-5,7-8,11,13H,2-3,6,9-10H2,1H3. The van der Waals surface area contributed by atoms with Crippen LogP contribution in [0.15, 0.2) is 30.6 Å². The Morgan fingerprint density at radius 3 is 2.74 bits per heavy atom. The second-order valence-electron chi connectivity index (χ2n) is 6.65. The van der Waals surface area contributed by atoms with Crippen molar-refractivity contribution in [1.82, 2.24) is 14.9 Å². The minimum Gasteiger partial charge on any atom is -0.355 e. The molecule has 0 bridgehead atoms. The van der Waals surface area contributed by atoms with Crippen molar-refractivity contribution in [3.63, 3.8) is 0 Å². The maximum atomic E-state index is 13.6. The minimum atomic E-state index is -4.50. The van der Waals surface area contributed by atoms with Crippen LogP contribution in [0.3, 0.4) is 0 Å². The molecule has 0 saturated carbocycles. The average molecular weight is 403 g/mol. The van der Waals surface area contributed by atoms with Gasteiger partial charge in [-0.25, -0.2) is 14.4 Å². The van der Waals surface area contributed by atoms with Crippen LogP contribution in [0.25, 0.3) is 0 Å². The largest absolute Gasteiger partial charge is 0.433 e. The van der Waals surface area contributed by atoms with E-state index in [1.807, 2.05) is 0 Å². The maximum Gasteiger partial charge on any atom is 0.433 e. The summed E-state index contributed by atoms with van der Waals surface area (Å²) in [4.78, 5) is 11.2. The summed E-state index contributed by atoms with van der Waals surface area (Å²) in [5.41, 5.74) is -0.148. The summed E-state index contributed by atoms with van der Waals surface area (Å²) in [6, 6.07) is 5.69. The molecule has 146 valence electrons. The summed E-state index contributed by atoms with van der Waals surface area (Å²) in [5.74, 6) is -0.220. The lowest BCUT2D eigenvalue weighted by Gasteiger charge is -2.38. The average Bonchev–Trinajstić information content (AvgIpc) is 2.64. The number of alkyl halides is 3. The fourth-order valence-electron chi connectivity index (χ4n) is 3.27. The van der Waals surface area contributed by atoms with Crippen molar-refractivity contribution >= 4 is 17.4 Å². The Kier molecular flexibility index (Phi) is 5.86. The highest BCUT2D eigenvalue weighted by atomic mass is 35.5. The summed E-state index contributed by atoms with van der Waals surface area (Å²) in [6.07, 6.45) is -1.84. The molecule has 2 heterocycles. The van der Waals surface area contributed by atoms with E-state index in [0.717, 1.165) is 37.3 Å². The molecule has 9 heteroatoms. The lowest BCUT2D eigenvalue weighted by atomic mass is 10.0. The molecule has 1 aliphatic heterocycles. The minimum absolute atomic E-state index is 0.00637. The molecule has 0 spiro atoms. The molecule has 1 unspecified atom stereocenters. The van der Waals surface area contributed by atoms with Crippen LogP contribution in [0.4, 0.5) is 23.4 Å². The summed E-state index contributed by atoms with van der Waals surface area (Å²) < 4.78 is 52.3. The van der Waals surface area contributed by atoms with Crippen LogP contribution in [0.1, 0.15) is 24.1 Å². The van der Waals surface area contributed by atoms with E-state index in [1.54, 1.807) is 18.0 Å². The molecule has 1 fully saturated rings. The van der Waals surface area contributed by atoms with E-state index in [4.69, 9.17) is 11.6 Å². The molecule has 1 saturated heterocycles. The van der Waals surface area contributed by atoms with E-state index >= 15 is 0 Å². The highest BCUT2D eigenvalue weighted by Gasteiger charge is 2.34. The number of likely N-dealkylation sites (tertiary alicyclic amines) is 1. The molecule has 1 aliphatic rings. The van der Waals surface area contributed by atoms with Crippen LogP contribution in [-0.4, -0.2) is 41.0 Å². The van der Waals surface area contributed by atoms with Gasteiger partial charge < -0.3 is 4.90 Å². The molecular weight excluding hydrogens is 384 g/mol. The molecule has 2 aromatic rings. The van der Waals surface area contributed by atoms with E-state index in [-0.39, 0.29) is 16.9 Å². The van der Waals surface area contributed by atoms with E-state index in [0.29, 0.717) is 13.1 Å². The molecule has 1 aromatic heterocycles. The van der Waals surface area contributed by atoms with Gasteiger partial charge in [0.15, 0.2) is 0 Å². The highest BCUT2D eigenvalue weighted by Crippen LogP contribution is 2.30. The van der Waals surface area contributed by atoms with Crippen molar-refractivity contribution in [2.24, 2.45) is 0 Å². The molecule has 0 amide bonds. The van der Waals surface area contributed by atoms with Gasteiger partial charge in [-0.2, -0.15) is 13.2 Å². The molecular formula is C18H19ClF4N4. The third-order valence-electron chi connectivity index (χ3n) is 4.72. The smallest absolute Gasteiger partial charge is 0.355 e. The molecule has 0 N–H and O–H groups in total. The van der Waals surface area contributed by atoms with Crippen LogP contribution in [0.2, 0.25) is 5.02 Å².